The SMILES string of the molecule is [C-]#[N+]CCOP(OCC(=O)NCC(=O)NCOC(c1ccccc1)(c1ccc(OC)cc1)c1ccc(OC)cc1)N(C(C)C)C(C)C. The Labute approximate surface area is 279 Å². The third-order valence-corrected chi connectivity index (χ3v) is 9.19. The molecule has 0 aliphatic heterocycles. The van der Waals surface area contributed by atoms with Crippen molar-refractivity contribution in [2.24, 2.45) is 0 Å². The molecule has 0 spiro atoms. The van der Waals surface area contributed by atoms with Gasteiger partial charge >= 0.3 is 0 Å². The van der Waals surface area contributed by atoms with E-state index in [1.807, 2.05) is 111 Å². The molecular weight excluding hydrogens is 619 g/mol. The third-order valence-electron chi connectivity index (χ3n) is 7.14. The van der Waals surface area contributed by atoms with Crippen molar-refractivity contribution in [2.75, 3.05) is 47.3 Å². The highest BCUT2D eigenvalue weighted by atomic mass is 31.2. The predicted molar refractivity (Wildman–Crippen MR) is 182 cm³/mol. The highest BCUT2D eigenvalue weighted by Gasteiger charge is 2.38. The van der Waals surface area contributed by atoms with Gasteiger partial charge in [-0.05, 0) is 68.7 Å². The van der Waals surface area contributed by atoms with Gasteiger partial charge in [0.15, 0.2) is 0 Å². The Bertz CT molecular complexity index is 1380. The fourth-order valence-corrected chi connectivity index (χ4v) is 6.57. The van der Waals surface area contributed by atoms with Crippen molar-refractivity contribution < 1.29 is 32.8 Å². The predicted octanol–water partition coefficient (Wildman–Crippen LogP) is 5.50. The molecule has 0 aliphatic carbocycles. The standard InChI is InChI=1S/C35H45N4O7P/c1-26(2)39(27(3)4)47(45-22-21-36-5)46-24-34(41)37-23-33(40)38-25-44-35(28-11-9-8-10-12-28,29-13-17-31(42-6)18-14-29)30-15-19-32(43-7)20-16-30/h8-20,26-27H,21-25H2,1-4,6-7H3,(H,37,41)(H,38,40). The number of nitrogens with one attached hydrogen (secondary N) is 2. The molecule has 3 aromatic rings. The van der Waals surface area contributed by atoms with Gasteiger partial charge in [0.05, 0.1) is 20.8 Å². The quantitative estimate of drug-likeness (QED) is 0.0569. The summed E-state index contributed by atoms with van der Waals surface area (Å²) in [4.78, 5) is 28.9. The van der Waals surface area contributed by atoms with Crippen LogP contribution in [0.3, 0.4) is 0 Å². The van der Waals surface area contributed by atoms with Gasteiger partial charge in [-0.1, -0.05) is 54.6 Å². The summed E-state index contributed by atoms with van der Waals surface area (Å²) < 4.78 is 31.1. The number of carbonyl (C=O) groups excluding carboxylic acids is 2. The summed E-state index contributed by atoms with van der Waals surface area (Å²) in [6, 6.07) is 25.1. The molecule has 0 aromatic heterocycles. The second kappa shape index (κ2) is 18.9. The maximum atomic E-state index is 12.9. The number of rotatable bonds is 19. The number of benzene rings is 3. The van der Waals surface area contributed by atoms with Crippen LogP contribution in [0.1, 0.15) is 44.4 Å². The molecule has 12 heteroatoms. The highest BCUT2D eigenvalue weighted by Crippen LogP contribution is 2.45. The van der Waals surface area contributed by atoms with Gasteiger partial charge in [-0.15, -0.1) is 0 Å². The van der Waals surface area contributed by atoms with Gasteiger partial charge in [-0.3, -0.25) is 9.59 Å². The van der Waals surface area contributed by atoms with E-state index in [1.165, 1.54) is 0 Å². The minimum absolute atomic E-state index is 0.0988. The van der Waals surface area contributed by atoms with Crippen molar-refractivity contribution in [1.82, 2.24) is 15.3 Å². The molecule has 11 nitrogen and oxygen atoms in total. The molecule has 0 saturated carbocycles. The van der Waals surface area contributed by atoms with Crippen LogP contribution in [0.25, 0.3) is 4.85 Å². The molecule has 0 saturated heterocycles. The van der Waals surface area contributed by atoms with Crippen LogP contribution in [0.5, 0.6) is 11.5 Å². The third kappa shape index (κ3) is 10.5. The van der Waals surface area contributed by atoms with Crippen LogP contribution in [0, 0.1) is 6.57 Å². The second-order valence-electron chi connectivity index (χ2n) is 11.0. The molecular formula is C35H45N4O7P. The number of ether oxygens (including phenoxy) is 3. The molecule has 0 bridgehead atoms. The van der Waals surface area contributed by atoms with Gasteiger partial charge < -0.3 is 38.7 Å². The number of hydrogen-bond acceptors (Lipinski definition) is 8. The summed E-state index contributed by atoms with van der Waals surface area (Å²) in [6.45, 7) is 14.7. The fourth-order valence-electron chi connectivity index (χ4n) is 5.01. The largest absolute Gasteiger partial charge is 0.497 e. The van der Waals surface area contributed by atoms with E-state index < -0.39 is 25.9 Å². The van der Waals surface area contributed by atoms with Crippen molar-refractivity contribution in [3.8, 4) is 11.5 Å². The van der Waals surface area contributed by atoms with Gasteiger partial charge in [0, 0.05) is 12.1 Å². The van der Waals surface area contributed by atoms with Crippen molar-refractivity contribution in [3.63, 3.8) is 0 Å². The van der Waals surface area contributed by atoms with Crippen LogP contribution in [-0.4, -0.2) is 75.8 Å². The zero-order chi connectivity index (χ0) is 34.2. The molecule has 252 valence electrons. The minimum Gasteiger partial charge on any atom is -0.497 e. The Balaban J connectivity index is 1.71. The monoisotopic (exact) mass is 664 g/mol. The van der Waals surface area contributed by atoms with Crippen LogP contribution in [-0.2, 0) is 29.0 Å². The first-order chi connectivity index (χ1) is 22.7. The number of hydrogen-bond donors (Lipinski definition) is 2. The van der Waals surface area contributed by atoms with Crippen LogP contribution < -0.4 is 20.1 Å². The number of amides is 2. The summed E-state index contributed by atoms with van der Waals surface area (Å²) in [6.07, 6.45) is 0. The van der Waals surface area contributed by atoms with E-state index >= 15 is 0 Å². The van der Waals surface area contributed by atoms with E-state index in [0.29, 0.717) is 11.5 Å². The van der Waals surface area contributed by atoms with Crippen molar-refractivity contribution in [3.05, 3.63) is 107 Å². The maximum Gasteiger partial charge on any atom is 0.259 e. The second-order valence-corrected chi connectivity index (χ2v) is 12.4. The van der Waals surface area contributed by atoms with E-state index in [1.54, 1.807) is 14.2 Å². The molecule has 2 N–H and O–H groups in total. The van der Waals surface area contributed by atoms with Crippen LogP contribution in [0.15, 0.2) is 78.9 Å². The molecule has 3 aromatic carbocycles. The number of nitrogens with zero attached hydrogens (tertiary/aromatic N) is 2. The van der Waals surface area contributed by atoms with E-state index in [2.05, 4.69) is 15.5 Å². The van der Waals surface area contributed by atoms with E-state index in [9.17, 15) is 9.59 Å². The molecule has 1 unspecified atom stereocenters. The van der Waals surface area contributed by atoms with Gasteiger partial charge in [-0.2, -0.15) is 0 Å². The molecule has 1 atom stereocenters. The normalized spacial score (nSPS) is 12.1. The average Bonchev–Trinajstić information content (AvgIpc) is 3.08. The lowest BCUT2D eigenvalue weighted by atomic mass is 9.80. The molecule has 0 radical (unpaired) electrons. The van der Waals surface area contributed by atoms with Crippen LogP contribution in [0.2, 0.25) is 0 Å². The lowest BCUT2D eigenvalue weighted by Crippen LogP contribution is -2.42. The zero-order valence-electron chi connectivity index (χ0n) is 27.9. The van der Waals surface area contributed by atoms with Gasteiger partial charge in [-0.25, -0.2) is 11.2 Å². The van der Waals surface area contributed by atoms with Crippen molar-refractivity contribution in [1.29, 1.82) is 0 Å². The summed E-state index contributed by atoms with van der Waals surface area (Å²) in [7, 11) is 1.64. The van der Waals surface area contributed by atoms with Crippen LogP contribution in [0.4, 0.5) is 0 Å². The summed E-state index contributed by atoms with van der Waals surface area (Å²) in [5.74, 6) is 0.486. The van der Waals surface area contributed by atoms with E-state index in [0.717, 1.165) is 16.7 Å². The smallest absolute Gasteiger partial charge is 0.259 e. The number of methoxy groups -OCH3 is 2. The van der Waals surface area contributed by atoms with Gasteiger partial charge in [0.25, 0.3) is 8.53 Å². The van der Waals surface area contributed by atoms with Crippen molar-refractivity contribution >= 4 is 20.3 Å². The Kier molecular flexibility index (Phi) is 15.1. The maximum absolute atomic E-state index is 12.9. The first-order valence-electron chi connectivity index (χ1n) is 15.4. The average molecular weight is 665 g/mol. The Morgan fingerprint density at radius 1 is 0.787 bits per heavy atom. The lowest BCUT2D eigenvalue weighted by Gasteiger charge is -2.36. The number of carbonyl (C=O) groups is 2. The van der Waals surface area contributed by atoms with E-state index in [4.69, 9.17) is 29.8 Å². The molecule has 0 heterocycles. The molecule has 47 heavy (non-hydrogen) atoms. The van der Waals surface area contributed by atoms with E-state index in [-0.39, 0.29) is 45.1 Å². The molecule has 2 amide bonds. The first-order valence-corrected chi connectivity index (χ1v) is 16.5. The molecule has 3 rings (SSSR count). The minimum atomic E-state index is -1.58. The zero-order valence-corrected chi connectivity index (χ0v) is 28.8. The first kappa shape index (κ1) is 37.4. The summed E-state index contributed by atoms with van der Waals surface area (Å²) in [5, 5.41) is 5.37. The molecule has 0 fully saturated rings. The fraction of sp³-hybridized carbons (Fsp3) is 0.400. The topological polar surface area (TPSA) is 112 Å². The summed E-state index contributed by atoms with van der Waals surface area (Å²) >= 11 is 0. The van der Waals surface area contributed by atoms with Gasteiger partial charge in [0.1, 0.15) is 37.0 Å². The highest BCUT2D eigenvalue weighted by molar-refractivity contribution is 7.44. The Morgan fingerprint density at radius 3 is 1.81 bits per heavy atom. The lowest BCUT2D eigenvalue weighted by molar-refractivity contribution is -0.128. The Morgan fingerprint density at radius 2 is 1.32 bits per heavy atom. The Hall–Kier alpha value is -4.04. The molecule has 0 aliphatic rings. The summed E-state index contributed by atoms with van der Waals surface area (Å²) in [5.41, 5.74) is 1.39. The van der Waals surface area contributed by atoms with Gasteiger partial charge in [0.2, 0.25) is 18.4 Å². The van der Waals surface area contributed by atoms with Crippen molar-refractivity contribution in [2.45, 2.75) is 45.4 Å². The van der Waals surface area contributed by atoms with Crippen LogP contribution >= 0.6 is 8.53 Å².